The number of piperidine rings is 1. The zero-order chi connectivity index (χ0) is 23.9. The topological polar surface area (TPSA) is 73.8 Å². The fourth-order valence-electron chi connectivity index (χ4n) is 4.84. The molecule has 2 heterocycles. The summed E-state index contributed by atoms with van der Waals surface area (Å²) < 4.78 is 30.2. The number of carbonyl (C=O) groups excluding carboxylic acids is 1. The lowest BCUT2D eigenvalue weighted by atomic mass is 9.91. The summed E-state index contributed by atoms with van der Waals surface area (Å²) in [5.41, 5.74) is 2.12. The molecule has 0 amide bonds. The molecule has 184 valence electrons. The highest BCUT2D eigenvalue weighted by Gasteiger charge is 2.43. The van der Waals surface area contributed by atoms with E-state index in [0.717, 1.165) is 54.8 Å². The van der Waals surface area contributed by atoms with Crippen LogP contribution in [0.4, 0.5) is 10.3 Å². The molecule has 1 aliphatic carbocycles. The van der Waals surface area contributed by atoms with Gasteiger partial charge in [0, 0.05) is 38.2 Å². The minimum Gasteiger partial charge on any atom is -0.466 e. The van der Waals surface area contributed by atoms with E-state index in [0.29, 0.717) is 37.9 Å². The number of methoxy groups -OCH3 is 1. The standard InChI is InChI=1S/C26H34FN3O4/c1-3-34-25(31)12-21-5-4-18(10-24(21)27)16-33-17-22-11-23(22)20-6-8-30(9-7-20)26-28-13-19(14-29-26)15-32-2/h4-5,10,13-14,20,22-23H,3,6-9,11-12,15-17H2,1-2H3/t22-,23+/m0/s1. The Balaban J connectivity index is 1.16. The van der Waals surface area contributed by atoms with Gasteiger partial charge < -0.3 is 19.1 Å². The lowest BCUT2D eigenvalue weighted by molar-refractivity contribution is -0.142. The van der Waals surface area contributed by atoms with Crippen molar-refractivity contribution in [1.29, 1.82) is 0 Å². The van der Waals surface area contributed by atoms with Crippen molar-refractivity contribution in [2.75, 3.05) is 38.3 Å². The maximum absolute atomic E-state index is 14.3. The first-order valence-corrected chi connectivity index (χ1v) is 12.1. The van der Waals surface area contributed by atoms with E-state index in [4.69, 9.17) is 14.2 Å². The molecule has 0 unspecified atom stereocenters. The Morgan fingerprint density at radius 1 is 1.15 bits per heavy atom. The van der Waals surface area contributed by atoms with Crippen LogP contribution in [0, 0.1) is 23.6 Å². The molecule has 1 saturated carbocycles. The maximum atomic E-state index is 14.3. The van der Waals surface area contributed by atoms with Crippen molar-refractivity contribution in [3.63, 3.8) is 0 Å². The van der Waals surface area contributed by atoms with Crippen molar-refractivity contribution in [3.8, 4) is 0 Å². The molecule has 2 fully saturated rings. The van der Waals surface area contributed by atoms with E-state index in [2.05, 4.69) is 14.9 Å². The number of aromatic nitrogens is 2. The van der Waals surface area contributed by atoms with Crippen molar-refractivity contribution >= 4 is 11.9 Å². The summed E-state index contributed by atoms with van der Waals surface area (Å²) in [7, 11) is 1.67. The van der Waals surface area contributed by atoms with Gasteiger partial charge in [-0.3, -0.25) is 4.79 Å². The molecule has 0 radical (unpaired) electrons. The lowest BCUT2D eigenvalue weighted by Gasteiger charge is -2.32. The lowest BCUT2D eigenvalue weighted by Crippen LogP contribution is -2.35. The number of halogens is 1. The predicted octanol–water partition coefficient (Wildman–Crippen LogP) is 3.94. The number of hydrogen-bond donors (Lipinski definition) is 0. The van der Waals surface area contributed by atoms with E-state index >= 15 is 0 Å². The molecule has 7 nitrogen and oxygen atoms in total. The number of hydrogen-bond acceptors (Lipinski definition) is 7. The van der Waals surface area contributed by atoms with Crippen LogP contribution < -0.4 is 4.90 Å². The van der Waals surface area contributed by atoms with Crippen molar-refractivity contribution < 1.29 is 23.4 Å². The van der Waals surface area contributed by atoms with E-state index < -0.39 is 5.97 Å². The normalized spacial score (nSPS) is 20.4. The molecule has 1 aliphatic heterocycles. The Morgan fingerprint density at radius 2 is 1.91 bits per heavy atom. The van der Waals surface area contributed by atoms with Crippen LogP contribution in [0.25, 0.3) is 0 Å². The smallest absolute Gasteiger partial charge is 0.310 e. The van der Waals surface area contributed by atoms with E-state index in [-0.39, 0.29) is 12.2 Å². The zero-order valence-electron chi connectivity index (χ0n) is 20.0. The Bertz CT molecular complexity index is 948. The van der Waals surface area contributed by atoms with Crippen LogP contribution in [-0.4, -0.2) is 49.4 Å². The molecule has 1 aromatic heterocycles. The second-order valence-corrected chi connectivity index (χ2v) is 9.23. The third-order valence-corrected chi connectivity index (χ3v) is 6.77. The Hall–Kier alpha value is -2.58. The molecule has 2 atom stereocenters. The van der Waals surface area contributed by atoms with Crippen LogP contribution in [0.5, 0.6) is 0 Å². The van der Waals surface area contributed by atoms with Crippen molar-refractivity contribution in [2.24, 2.45) is 17.8 Å². The summed E-state index contributed by atoms with van der Waals surface area (Å²) in [5.74, 6) is 2.03. The Kier molecular flexibility index (Phi) is 8.45. The summed E-state index contributed by atoms with van der Waals surface area (Å²) in [4.78, 5) is 22.8. The van der Waals surface area contributed by atoms with Gasteiger partial charge in [-0.05, 0) is 61.1 Å². The molecular formula is C26H34FN3O4. The van der Waals surface area contributed by atoms with Crippen LogP contribution in [0.3, 0.4) is 0 Å². The van der Waals surface area contributed by atoms with Gasteiger partial charge in [-0.15, -0.1) is 0 Å². The second-order valence-electron chi connectivity index (χ2n) is 9.23. The van der Waals surface area contributed by atoms with Gasteiger partial charge >= 0.3 is 5.97 Å². The average Bonchev–Trinajstić information content (AvgIpc) is 3.61. The highest BCUT2D eigenvalue weighted by Crippen LogP contribution is 2.48. The summed E-state index contributed by atoms with van der Waals surface area (Å²) in [6, 6.07) is 4.92. The molecule has 1 aromatic carbocycles. The van der Waals surface area contributed by atoms with Crippen LogP contribution in [0.2, 0.25) is 0 Å². The molecule has 0 N–H and O–H groups in total. The fourth-order valence-corrected chi connectivity index (χ4v) is 4.84. The van der Waals surface area contributed by atoms with Gasteiger partial charge in [-0.25, -0.2) is 14.4 Å². The Morgan fingerprint density at radius 3 is 2.59 bits per heavy atom. The minimum absolute atomic E-state index is 0.0470. The number of ether oxygens (including phenoxy) is 3. The molecular weight excluding hydrogens is 437 g/mol. The summed E-state index contributed by atoms with van der Waals surface area (Å²) in [5, 5.41) is 0. The van der Waals surface area contributed by atoms with Gasteiger partial charge in [0.2, 0.25) is 5.95 Å². The zero-order valence-corrected chi connectivity index (χ0v) is 20.0. The molecule has 8 heteroatoms. The van der Waals surface area contributed by atoms with Crippen LogP contribution in [0.15, 0.2) is 30.6 Å². The molecule has 2 aromatic rings. The van der Waals surface area contributed by atoms with Crippen molar-refractivity contribution in [3.05, 3.63) is 53.1 Å². The fraction of sp³-hybridized carbons (Fsp3) is 0.577. The average molecular weight is 472 g/mol. The second kappa shape index (κ2) is 11.7. The van der Waals surface area contributed by atoms with Crippen LogP contribution >= 0.6 is 0 Å². The van der Waals surface area contributed by atoms with E-state index in [1.54, 1.807) is 20.1 Å². The number of anilines is 1. The summed E-state index contributed by atoms with van der Waals surface area (Å²) >= 11 is 0. The molecule has 0 spiro atoms. The van der Waals surface area contributed by atoms with Gasteiger partial charge in [0.05, 0.1) is 32.8 Å². The minimum atomic E-state index is -0.413. The van der Waals surface area contributed by atoms with Crippen molar-refractivity contribution in [2.45, 2.75) is 45.8 Å². The van der Waals surface area contributed by atoms with E-state index in [1.807, 2.05) is 18.5 Å². The maximum Gasteiger partial charge on any atom is 0.310 e. The van der Waals surface area contributed by atoms with Crippen LogP contribution in [-0.2, 0) is 38.6 Å². The quantitative estimate of drug-likeness (QED) is 0.460. The summed E-state index contributed by atoms with van der Waals surface area (Å²) in [6.07, 6.45) is 7.14. The first kappa shape index (κ1) is 24.5. The SMILES string of the molecule is CCOC(=O)Cc1ccc(COC[C@@H]2C[C@@H]2C2CCN(c3ncc(COC)cn3)CC2)cc1F. The van der Waals surface area contributed by atoms with Gasteiger partial charge in [0.15, 0.2) is 0 Å². The monoisotopic (exact) mass is 471 g/mol. The van der Waals surface area contributed by atoms with E-state index in [1.165, 1.54) is 12.5 Å². The molecule has 4 rings (SSSR count). The Labute approximate surface area is 200 Å². The third-order valence-electron chi connectivity index (χ3n) is 6.77. The van der Waals surface area contributed by atoms with Gasteiger partial charge in [-0.2, -0.15) is 0 Å². The number of nitrogens with zero attached hydrogens (tertiary/aromatic N) is 3. The van der Waals surface area contributed by atoms with Crippen molar-refractivity contribution in [1.82, 2.24) is 9.97 Å². The molecule has 2 aliphatic rings. The van der Waals surface area contributed by atoms with Gasteiger partial charge in [0.25, 0.3) is 0 Å². The molecule has 34 heavy (non-hydrogen) atoms. The first-order valence-electron chi connectivity index (χ1n) is 12.1. The predicted molar refractivity (Wildman–Crippen MR) is 126 cm³/mol. The number of carbonyl (C=O) groups is 1. The highest BCUT2D eigenvalue weighted by atomic mass is 19.1. The first-order chi connectivity index (χ1) is 16.6. The van der Waals surface area contributed by atoms with E-state index in [9.17, 15) is 9.18 Å². The largest absolute Gasteiger partial charge is 0.466 e. The molecule has 0 bridgehead atoms. The number of esters is 1. The van der Waals surface area contributed by atoms with Gasteiger partial charge in [0.1, 0.15) is 5.82 Å². The number of rotatable bonds is 11. The molecule has 1 saturated heterocycles. The summed E-state index contributed by atoms with van der Waals surface area (Å²) in [6.45, 7) is 5.62. The number of benzene rings is 1. The van der Waals surface area contributed by atoms with Crippen LogP contribution in [0.1, 0.15) is 42.9 Å². The van der Waals surface area contributed by atoms with Gasteiger partial charge in [-0.1, -0.05) is 12.1 Å². The highest BCUT2D eigenvalue weighted by molar-refractivity contribution is 5.72. The third kappa shape index (κ3) is 6.51.